The number of aliphatic carboxylic acids is 4. The molecule has 4 N–H and O–H groups in total. The molecule has 0 fully saturated rings. The first-order chi connectivity index (χ1) is 14.4. The lowest BCUT2D eigenvalue weighted by Gasteiger charge is -2.27. The number of carboxylic acids is 4. The van der Waals surface area contributed by atoms with Crippen LogP contribution in [0.25, 0.3) is 0 Å². The van der Waals surface area contributed by atoms with Crippen LogP contribution in [0.5, 0.6) is 0 Å². The zero-order chi connectivity index (χ0) is 26.4. The van der Waals surface area contributed by atoms with Crippen molar-refractivity contribution in [3.05, 3.63) is 0 Å². The maximum atomic E-state index is 10.5. The Morgan fingerprint density at radius 2 is 0.750 bits per heavy atom. The Balaban J connectivity index is -0.000000267. The van der Waals surface area contributed by atoms with E-state index in [0.717, 1.165) is 9.80 Å². The molecule has 0 saturated heterocycles. The van der Waals surface area contributed by atoms with Crippen LogP contribution >= 0.6 is 0 Å². The molecule has 13 heteroatoms. The second kappa shape index (κ2) is 23.3. The molecule has 0 bridgehead atoms. The molecule has 32 heavy (non-hydrogen) atoms. The van der Waals surface area contributed by atoms with Gasteiger partial charge in [-0.15, -0.1) is 0 Å². The first kappa shape index (κ1) is 37.0. The van der Waals surface area contributed by atoms with Gasteiger partial charge in [-0.2, -0.15) is 0 Å². The quantitative estimate of drug-likeness (QED) is 0.227. The Morgan fingerprint density at radius 1 is 0.562 bits per heavy atom. The zero-order valence-corrected chi connectivity index (χ0v) is 20.9. The van der Waals surface area contributed by atoms with Gasteiger partial charge in [0.1, 0.15) is 0 Å². The molecule has 13 nitrogen and oxygen atoms in total. The van der Waals surface area contributed by atoms with Crippen LogP contribution in [0.1, 0.15) is 0 Å². The number of quaternary nitrogens is 3. The van der Waals surface area contributed by atoms with Crippen molar-refractivity contribution in [2.24, 2.45) is 0 Å². The summed E-state index contributed by atoms with van der Waals surface area (Å²) < 4.78 is 0. The molecule has 0 saturated carbocycles. The van der Waals surface area contributed by atoms with Crippen molar-refractivity contribution < 1.29 is 54.3 Å². The molecule has 0 aromatic heterocycles. The summed E-state index contributed by atoms with van der Waals surface area (Å²) in [6.07, 6.45) is 0. The van der Waals surface area contributed by atoms with Crippen molar-refractivity contribution in [3.8, 4) is 0 Å². The lowest BCUT2D eigenvalue weighted by Crippen LogP contribution is -3.02. The van der Waals surface area contributed by atoms with E-state index in [2.05, 4.69) is 63.4 Å². The predicted molar refractivity (Wildman–Crippen MR) is 112 cm³/mol. The molecule has 0 aliphatic carbocycles. The Kier molecular flexibility index (Phi) is 27.0. The molecule has 192 valence electrons. The molecular weight excluding hydrogens is 426 g/mol. The molecule has 0 amide bonds. The van der Waals surface area contributed by atoms with E-state index >= 15 is 0 Å². The molecular formula is C19H43N5O8. The third kappa shape index (κ3) is 56.5. The first-order valence-electron chi connectivity index (χ1n) is 9.96. The van der Waals surface area contributed by atoms with Crippen molar-refractivity contribution in [1.82, 2.24) is 9.80 Å². The number of carboxylic acid groups (broad SMARTS) is 4. The van der Waals surface area contributed by atoms with Crippen molar-refractivity contribution in [2.75, 3.05) is 103 Å². The summed E-state index contributed by atoms with van der Waals surface area (Å²) in [4.78, 5) is 47.9. The van der Waals surface area contributed by atoms with Gasteiger partial charge in [0.15, 0.2) is 0 Å². The van der Waals surface area contributed by atoms with Crippen molar-refractivity contribution in [1.29, 1.82) is 0 Å². The second-order valence-electron chi connectivity index (χ2n) is 8.43. The summed E-state index contributed by atoms with van der Waals surface area (Å²) in [5.74, 6) is -5.82. The number of nitrogens with one attached hydrogen (secondary N) is 3. The first-order valence-corrected chi connectivity index (χ1v) is 9.96. The number of hydrogen-bond donors (Lipinski definition) is 4. The van der Waals surface area contributed by atoms with Crippen LogP contribution in [-0.4, -0.2) is 141 Å². The van der Waals surface area contributed by atoms with Gasteiger partial charge in [0.2, 0.25) is 0 Å². The van der Waals surface area contributed by atoms with E-state index in [0.29, 0.717) is 0 Å². The highest BCUT2D eigenvalue weighted by atomic mass is 16.4. The Morgan fingerprint density at radius 3 is 0.906 bits per heavy atom. The fraction of sp³-hybridized carbons (Fsp3) is 0.789. The molecule has 0 heterocycles. The SMILES string of the molecule is C[NH+](C)C.C[NH+](C)C.C[NH+](C)C.O=C([O-])CN(CCN(CC(=O)[O-])CC(=O)O)CC(=O)[O-]. The van der Waals surface area contributed by atoms with Gasteiger partial charge in [-0.1, -0.05) is 0 Å². The van der Waals surface area contributed by atoms with Gasteiger partial charge in [-0.05, 0) is 0 Å². The van der Waals surface area contributed by atoms with E-state index in [1.165, 1.54) is 14.7 Å². The monoisotopic (exact) mass is 469 g/mol. The highest BCUT2D eigenvalue weighted by molar-refractivity contribution is 5.72. The molecule has 0 aliphatic heterocycles. The lowest BCUT2D eigenvalue weighted by molar-refractivity contribution is -0.836. The number of nitrogens with zero attached hydrogens (tertiary/aromatic N) is 2. The fourth-order valence-corrected chi connectivity index (χ4v) is 1.45. The lowest BCUT2D eigenvalue weighted by atomic mass is 10.4. The van der Waals surface area contributed by atoms with E-state index in [1.807, 2.05) is 0 Å². The van der Waals surface area contributed by atoms with Crippen LogP contribution in [0.4, 0.5) is 0 Å². The molecule has 0 aromatic carbocycles. The summed E-state index contributed by atoms with van der Waals surface area (Å²) in [6.45, 7) is -3.00. The number of carbonyl (C=O) groups excluding carboxylic acids is 3. The highest BCUT2D eigenvalue weighted by Crippen LogP contribution is 1.93. The van der Waals surface area contributed by atoms with Crippen LogP contribution < -0.4 is 30.0 Å². The molecule has 0 unspecified atom stereocenters. The zero-order valence-electron chi connectivity index (χ0n) is 20.9. The topological polar surface area (TPSA) is 177 Å². The van der Waals surface area contributed by atoms with E-state index < -0.39 is 50.1 Å². The van der Waals surface area contributed by atoms with Gasteiger partial charge >= 0.3 is 5.97 Å². The fourth-order valence-electron chi connectivity index (χ4n) is 1.45. The minimum atomic E-state index is -1.52. The second-order valence-corrected chi connectivity index (χ2v) is 8.43. The normalized spacial score (nSPS) is 10.1. The van der Waals surface area contributed by atoms with Crippen LogP contribution in [0, 0.1) is 0 Å². The average Bonchev–Trinajstić information content (AvgIpc) is 2.48. The predicted octanol–water partition coefficient (Wildman–Crippen LogP) is -9.79. The number of rotatable bonds is 11. The Hall–Kier alpha value is -2.32. The van der Waals surface area contributed by atoms with E-state index in [-0.39, 0.29) is 13.1 Å². The van der Waals surface area contributed by atoms with Gasteiger partial charge in [-0.25, -0.2) is 0 Å². The minimum Gasteiger partial charge on any atom is -0.549 e. The van der Waals surface area contributed by atoms with Gasteiger partial charge in [0.05, 0.1) is 87.9 Å². The van der Waals surface area contributed by atoms with Gasteiger partial charge in [0, 0.05) is 32.7 Å². The molecule has 0 spiro atoms. The maximum Gasteiger partial charge on any atom is 0.317 e. The summed E-state index contributed by atoms with van der Waals surface area (Å²) in [7, 11) is 18.8. The Bertz CT molecular complexity index is 425. The third-order valence-corrected chi connectivity index (χ3v) is 2.15. The molecule has 0 atom stereocenters. The summed E-state index contributed by atoms with van der Waals surface area (Å²) in [5, 5.41) is 39.8. The maximum absolute atomic E-state index is 10.5. The third-order valence-electron chi connectivity index (χ3n) is 2.15. The standard InChI is InChI=1S/C10H16N2O8.3C3H9N/c13-7(14)3-11(4-8(15)16)1-2-12(5-9(17)18)6-10(19)20;3*1-4(2)3/h1-6H2,(H,13,14)(H,15,16)(H,17,18)(H,19,20);3*1-3H3. The summed E-state index contributed by atoms with van der Waals surface area (Å²) in [5.41, 5.74) is 0. The largest absolute Gasteiger partial charge is 0.549 e. The molecule has 0 rings (SSSR count). The van der Waals surface area contributed by atoms with Crippen LogP contribution in [-0.2, 0) is 19.2 Å². The van der Waals surface area contributed by atoms with Gasteiger partial charge in [0.25, 0.3) is 0 Å². The molecule has 0 radical (unpaired) electrons. The van der Waals surface area contributed by atoms with Crippen molar-refractivity contribution in [3.63, 3.8) is 0 Å². The van der Waals surface area contributed by atoms with Gasteiger partial charge in [-0.3, -0.25) is 14.6 Å². The van der Waals surface area contributed by atoms with E-state index in [9.17, 15) is 34.5 Å². The average molecular weight is 470 g/mol. The number of hydrogen-bond acceptors (Lipinski definition) is 9. The van der Waals surface area contributed by atoms with E-state index in [4.69, 9.17) is 5.11 Å². The van der Waals surface area contributed by atoms with Crippen LogP contribution in [0.2, 0.25) is 0 Å². The Labute approximate surface area is 191 Å². The van der Waals surface area contributed by atoms with Crippen LogP contribution in [0.3, 0.4) is 0 Å². The van der Waals surface area contributed by atoms with Crippen molar-refractivity contribution in [2.45, 2.75) is 0 Å². The summed E-state index contributed by atoms with van der Waals surface area (Å²) in [6, 6.07) is 0. The van der Waals surface area contributed by atoms with Crippen LogP contribution in [0.15, 0.2) is 0 Å². The highest BCUT2D eigenvalue weighted by Gasteiger charge is 2.13. The smallest absolute Gasteiger partial charge is 0.317 e. The van der Waals surface area contributed by atoms with Crippen molar-refractivity contribution >= 4 is 23.9 Å². The molecule has 0 aromatic rings. The molecule has 0 aliphatic rings. The minimum absolute atomic E-state index is 0.166. The number of carbonyl (C=O) groups is 4. The van der Waals surface area contributed by atoms with E-state index in [1.54, 1.807) is 0 Å². The summed E-state index contributed by atoms with van der Waals surface area (Å²) >= 11 is 0. The van der Waals surface area contributed by atoms with Gasteiger partial charge < -0.3 is 49.5 Å².